The summed E-state index contributed by atoms with van der Waals surface area (Å²) in [6, 6.07) is 15.6. The zero-order chi connectivity index (χ0) is 14.8. The minimum absolute atomic E-state index is 0.136. The molecule has 2 aromatic rings. The molecular weight excluding hydrogens is 248 g/mol. The largest absolute Gasteiger partial charge is 0.478 e. The molecule has 0 saturated carbocycles. The molecule has 0 fully saturated rings. The predicted octanol–water partition coefficient (Wildman–Crippen LogP) is 4.27. The van der Waals surface area contributed by atoms with Gasteiger partial charge in [0, 0.05) is 0 Å². The van der Waals surface area contributed by atoms with E-state index in [9.17, 15) is 9.90 Å². The van der Waals surface area contributed by atoms with Crippen molar-refractivity contribution in [2.75, 3.05) is 0 Å². The van der Waals surface area contributed by atoms with Gasteiger partial charge in [0.15, 0.2) is 0 Å². The van der Waals surface area contributed by atoms with Crippen LogP contribution in [-0.2, 0) is 11.8 Å². The third-order valence-corrected chi connectivity index (χ3v) is 3.46. The molecule has 2 rings (SSSR count). The summed E-state index contributed by atoms with van der Waals surface area (Å²) in [4.78, 5) is 11.2. The van der Waals surface area contributed by atoms with Crippen LogP contribution in [0.4, 0.5) is 0 Å². The van der Waals surface area contributed by atoms with Gasteiger partial charge in [0.2, 0.25) is 0 Å². The summed E-state index contributed by atoms with van der Waals surface area (Å²) < 4.78 is 0. The van der Waals surface area contributed by atoms with Gasteiger partial charge >= 0.3 is 5.97 Å². The highest BCUT2D eigenvalue weighted by molar-refractivity contribution is 5.89. The molecule has 0 saturated heterocycles. The van der Waals surface area contributed by atoms with E-state index in [1.54, 1.807) is 12.1 Å². The molecule has 0 spiro atoms. The summed E-state index contributed by atoms with van der Waals surface area (Å²) in [5.41, 5.74) is 3.78. The Hall–Kier alpha value is -2.09. The monoisotopic (exact) mass is 268 g/mol. The zero-order valence-electron chi connectivity index (χ0n) is 12.2. The summed E-state index contributed by atoms with van der Waals surface area (Å²) in [6.07, 6.45) is 0.646. The summed E-state index contributed by atoms with van der Waals surface area (Å²) in [5, 5.41) is 9.19. The molecule has 20 heavy (non-hydrogen) atoms. The van der Waals surface area contributed by atoms with E-state index in [1.165, 1.54) is 5.56 Å². The molecule has 0 atom stereocenters. The fraction of sp³-hybridized carbons (Fsp3) is 0.278. The van der Waals surface area contributed by atoms with E-state index in [2.05, 4.69) is 45.0 Å². The van der Waals surface area contributed by atoms with Crippen LogP contribution in [0.2, 0.25) is 0 Å². The first-order chi connectivity index (χ1) is 9.38. The van der Waals surface area contributed by atoms with Crippen molar-refractivity contribution in [2.24, 2.45) is 0 Å². The number of rotatable bonds is 3. The van der Waals surface area contributed by atoms with E-state index in [0.717, 1.165) is 11.1 Å². The van der Waals surface area contributed by atoms with Crippen LogP contribution in [0.15, 0.2) is 48.5 Å². The van der Waals surface area contributed by atoms with Crippen molar-refractivity contribution in [3.05, 3.63) is 70.8 Å². The fourth-order valence-electron chi connectivity index (χ4n) is 2.23. The molecule has 1 N–H and O–H groups in total. The lowest BCUT2D eigenvalue weighted by atomic mass is 9.86. The van der Waals surface area contributed by atoms with Crippen LogP contribution in [0.3, 0.4) is 0 Å². The smallest absolute Gasteiger partial charge is 0.335 e. The first-order valence-corrected chi connectivity index (χ1v) is 6.78. The highest BCUT2D eigenvalue weighted by atomic mass is 16.4. The molecule has 0 heterocycles. The molecule has 0 aliphatic rings. The normalized spacial score (nSPS) is 11.3. The van der Waals surface area contributed by atoms with Gasteiger partial charge in [-0.05, 0) is 34.6 Å². The van der Waals surface area contributed by atoms with Crippen molar-refractivity contribution in [1.82, 2.24) is 0 Å². The number of aromatic carboxylic acids is 1. The van der Waals surface area contributed by atoms with Gasteiger partial charge in [0.05, 0.1) is 5.56 Å². The Morgan fingerprint density at radius 3 is 2.15 bits per heavy atom. The summed E-state index contributed by atoms with van der Waals surface area (Å²) in [6.45, 7) is 6.55. The summed E-state index contributed by atoms with van der Waals surface area (Å²) in [7, 11) is 0. The van der Waals surface area contributed by atoms with Gasteiger partial charge in [-0.15, -0.1) is 0 Å². The molecule has 2 aromatic carbocycles. The van der Waals surface area contributed by atoms with Crippen LogP contribution in [0.25, 0.3) is 0 Å². The molecule has 2 nitrogen and oxygen atoms in total. The lowest BCUT2D eigenvalue weighted by molar-refractivity contribution is 0.0696. The Balaban J connectivity index is 2.25. The standard InChI is InChI=1S/C18H20O2/c1-18(2,3)15-10-8-13(9-11-15)12-14-6-4-5-7-16(14)17(19)20/h4-11H,12H2,1-3H3,(H,19,20). The number of hydrogen-bond donors (Lipinski definition) is 1. The van der Waals surface area contributed by atoms with Crippen LogP contribution in [0.5, 0.6) is 0 Å². The van der Waals surface area contributed by atoms with E-state index in [0.29, 0.717) is 12.0 Å². The van der Waals surface area contributed by atoms with E-state index < -0.39 is 5.97 Å². The molecular formula is C18H20O2. The molecule has 0 bridgehead atoms. The Labute approximate surface area is 120 Å². The summed E-state index contributed by atoms with van der Waals surface area (Å²) in [5.74, 6) is -0.869. The number of carbonyl (C=O) groups is 1. The lowest BCUT2D eigenvalue weighted by Gasteiger charge is -2.19. The van der Waals surface area contributed by atoms with Crippen LogP contribution in [0.1, 0.15) is 47.8 Å². The Bertz CT molecular complexity index is 604. The third kappa shape index (κ3) is 3.27. The number of hydrogen-bond acceptors (Lipinski definition) is 1. The van der Waals surface area contributed by atoms with E-state index >= 15 is 0 Å². The van der Waals surface area contributed by atoms with Gasteiger partial charge in [0.1, 0.15) is 0 Å². The molecule has 0 unspecified atom stereocenters. The van der Waals surface area contributed by atoms with Gasteiger partial charge in [-0.2, -0.15) is 0 Å². The maximum Gasteiger partial charge on any atom is 0.335 e. The van der Waals surface area contributed by atoms with Gasteiger partial charge in [-0.25, -0.2) is 4.79 Å². The molecule has 0 aliphatic carbocycles. The Kier molecular flexibility index (Phi) is 3.93. The number of carboxylic acid groups (broad SMARTS) is 1. The van der Waals surface area contributed by atoms with Gasteiger partial charge in [-0.3, -0.25) is 0 Å². The maximum absolute atomic E-state index is 11.2. The average molecular weight is 268 g/mol. The van der Waals surface area contributed by atoms with Crippen LogP contribution < -0.4 is 0 Å². The first kappa shape index (κ1) is 14.3. The van der Waals surface area contributed by atoms with E-state index in [-0.39, 0.29) is 5.41 Å². The first-order valence-electron chi connectivity index (χ1n) is 6.78. The van der Waals surface area contributed by atoms with Crippen LogP contribution in [0, 0.1) is 0 Å². The van der Waals surface area contributed by atoms with Crippen molar-refractivity contribution in [2.45, 2.75) is 32.6 Å². The van der Waals surface area contributed by atoms with Crippen LogP contribution >= 0.6 is 0 Å². The van der Waals surface area contributed by atoms with Crippen LogP contribution in [-0.4, -0.2) is 11.1 Å². The van der Waals surface area contributed by atoms with Gasteiger partial charge in [-0.1, -0.05) is 63.2 Å². The second-order valence-corrected chi connectivity index (χ2v) is 6.09. The van der Waals surface area contributed by atoms with E-state index in [1.807, 2.05) is 12.1 Å². The lowest BCUT2D eigenvalue weighted by Crippen LogP contribution is -2.10. The molecule has 0 radical (unpaired) electrons. The number of benzene rings is 2. The maximum atomic E-state index is 11.2. The molecule has 2 heteroatoms. The van der Waals surface area contributed by atoms with Crippen molar-refractivity contribution in [3.8, 4) is 0 Å². The minimum Gasteiger partial charge on any atom is -0.478 e. The zero-order valence-corrected chi connectivity index (χ0v) is 12.2. The van der Waals surface area contributed by atoms with Crippen molar-refractivity contribution < 1.29 is 9.90 Å². The van der Waals surface area contributed by atoms with Gasteiger partial charge < -0.3 is 5.11 Å². The Morgan fingerprint density at radius 2 is 1.60 bits per heavy atom. The topological polar surface area (TPSA) is 37.3 Å². The minimum atomic E-state index is -0.869. The fourth-order valence-corrected chi connectivity index (χ4v) is 2.23. The molecule has 0 aromatic heterocycles. The highest BCUT2D eigenvalue weighted by Crippen LogP contribution is 2.23. The Morgan fingerprint density at radius 1 is 1.00 bits per heavy atom. The summed E-state index contributed by atoms with van der Waals surface area (Å²) >= 11 is 0. The predicted molar refractivity (Wildman–Crippen MR) is 81.3 cm³/mol. The van der Waals surface area contributed by atoms with Crippen molar-refractivity contribution in [3.63, 3.8) is 0 Å². The quantitative estimate of drug-likeness (QED) is 0.902. The molecule has 104 valence electrons. The van der Waals surface area contributed by atoms with Crippen molar-refractivity contribution in [1.29, 1.82) is 0 Å². The van der Waals surface area contributed by atoms with Crippen molar-refractivity contribution >= 4 is 5.97 Å². The molecule has 0 aliphatic heterocycles. The third-order valence-electron chi connectivity index (χ3n) is 3.46. The van der Waals surface area contributed by atoms with E-state index in [4.69, 9.17) is 0 Å². The average Bonchev–Trinajstić information content (AvgIpc) is 2.38. The number of carboxylic acids is 1. The van der Waals surface area contributed by atoms with Gasteiger partial charge in [0.25, 0.3) is 0 Å². The SMILES string of the molecule is CC(C)(C)c1ccc(Cc2ccccc2C(=O)O)cc1. The second kappa shape index (κ2) is 5.49. The molecule has 0 amide bonds. The highest BCUT2D eigenvalue weighted by Gasteiger charge is 2.13. The second-order valence-electron chi connectivity index (χ2n) is 6.09.